The molecule has 3 aromatic heterocycles. The molecule has 0 N–H and O–H groups in total. The van der Waals surface area contributed by atoms with Gasteiger partial charge in [0, 0.05) is 22.2 Å². The zero-order valence-electron chi connectivity index (χ0n) is 22.6. The number of pyridine rings is 1. The highest BCUT2D eigenvalue weighted by atomic mass is 79.9. The number of hydrogen-bond donors (Lipinski definition) is 0. The van der Waals surface area contributed by atoms with Crippen LogP contribution in [0, 0.1) is 10.1 Å². The van der Waals surface area contributed by atoms with Gasteiger partial charge in [-0.15, -0.1) is 0 Å². The van der Waals surface area contributed by atoms with Gasteiger partial charge in [0.15, 0.2) is 17.3 Å². The molecule has 6 aromatic rings. The molecule has 3 aromatic carbocycles. The van der Waals surface area contributed by atoms with Gasteiger partial charge in [-0.25, -0.2) is 9.97 Å². The SMILES string of the molecule is COc1cc(Br)cc(C=Nn2c(-c3cc4c(OC)cccc4o3)nc3ccccc3c2=O)c1Oc1ccc([N+](=O)[O-])cn1. The lowest BCUT2D eigenvalue weighted by Crippen LogP contribution is -2.20. The highest BCUT2D eigenvalue weighted by Crippen LogP contribution is 2.37. The quantitative estimate of drug-likeness (QED) is 0.102. The van der Waals surface area contributed by atoms with Crippen LogP contribution in [0.2, 0.25) is 0 Å². The number of furan rings is 1. The second kappa shape index (κ2) is 11.4. The Morgan fingerprint density at radius 2 is 1.81 bits per heavy atom. The fourth-order valence-corrected chi connectivity index (χ4v) is 4.88. The van der Waals surface area contributed by atoms with E-state index in [1.54, 1.807) is 61.7 Å². The number of nitrogens with zero attached hydrogens (tertiary/aromatic N) is 5. The minimum Gasteiger partial charge on any atom is -0.496 e. The average Bonchev–Trinajstić information content (AvgIpc) is 3.46. The van der Waals surface area contributed by atoms with Gasteiger partial charge in [-0.05, 0) is 42.5 Å². The Kier molecular flexibility index (Phi) is 7.30. The molecule has 13 heteroatoms. The largest absolute Gasteiger partial charge is 0.496 e. The molecule has 0 radical (unpaired) electrons. The Labute approximate surface area is 251 Å². The Morgan fingerprint density at radius 3 is 2.56 bits per heavy atom. The summed E-state index contributed by atoms with van der Waals surface area (Å²) in [6.07, 6.45) is 2.50. The molecule has 0 atom stereocenters. The topological polar surface area (TPSA) is 144 Å². The second-order valence-corrected chi connectivity index (χ2v) is 9.95. The fraction of sp³-hybridized carbons (Fsp3) is 0.0667. The van der Waals surface area contributed by atoms with Crippen molar-refractivity contribution in [1.29, 1.82) is 0 Å². The summed E-state index contributed by atoms with van der Waals surface area (Å²) in [5.41, 5.74) is 0.819. The molecule has 3 heterocycles. The normalized spacial score (nSPS) is 11.3. The Hall–Kier alpha value is -5.56. The highest BCUT2D eigenvalue weighted by molar-refractivity contribution is 9.10. The van der Waals surface area contributed by atoms with Crippen molar-refractivity contribution in [2.24, 2.45) is 5.10 Å². The molecule has 0 aliphatic carbocycles. The number of para-hydroxylation sites is 1. The van der Waals surface area contributed by atoms with Crippen molar-refractivity contribution >= 4 is 49.7 Å². The average molecular weight is 642 g/mol. The van der Waals surface area contributed by atoms with Gasteiger partial charge in [0.2, 0.25) is 11.7 Å². The van der Waals surface area contributed by atoms with E-state index in [-0.39, 0.29) is 23.1 Å². The molecule has 0 aliphatic heterocycles. The van der Waals surface area contributed by atoms with E-state index < -0.39 is 10.5 Å². The molecule has 0 unspecified atom stereocenters. The van der Waals surface area contributed by atoms with Crippen LogP contribution in [0.5, 0.6) is 23.1 Å². The van der Waals surface area contributed by atoms with Gasteiger partial charge < -0.3 is 18.6 Å². The summed E-state index contributed by atoms with van der Waals surface area (Å²) >= 11 is 3.46. The molecule has 12 nitrogen and oxygen atoms in total. The summed E-state index contributed by atoms with van der Waals surface area (Å²) in [7, 11) is 3.03. The standard InChI is InChI=1S/C30H20BrN5O7/c1-40-23-8-5-9-24-21(23)14-26(42-24)29-34-22-7-4-3-6-20(22)30(37)35(29)33-15-17-12-18(31)13-25(41-2)28(17)43-27-11-10-19(16-32-27)36(38)39/h3-16H,1-2H3. The van der Waals surface area contributed by atoms with Gasteiger partial charge in [0.25, 0.3) is 11.2 Å². The maximum Gasteiger partial charge on any atom is 0.287 e. The molecule has 0 spiro atoms. The van der Waals surface area contributed by atoms with Crippen LogP contribution in [0.3, 0.4) is 0 Å². The Morgan fingerprint density at radius 1 is 1.00 bits per heavy atom. The molecule has 0 bridgehead atoms. The van der Waals surface area contributed by atoms with Crippen LogP contribution in [0.4, 0.5) is 5.69 Å². The molecular weight excluding hydrogens is 622 g/mol. The number of aromatic nitrogens is 3. The predicted molar refractivity (Wildman–Crippen MR) is 162 cm³/mol. The lowest BCUT2D eigenvalue weighted by molar-refractivity contribution is -0.385. The summed E-state index contributed by atoms with van der Waals surface area (Å²) in [6.45, 7) is 0. The van der Waals surface area contributed by atoms with Gasteiger partial charge in [-0.2, -0.15) is 9.78 Å². The molecule has 0 saturated carbocycles. The van der Waals surface area contributed by atoms with Crippen LogP contribution in [0.25, 0.3) is 33.5 Å². The van der Waals surface area contributed by atoms with Crippen molar-refractivity contribution < 1.29 is 23.6 Å². The first-order valence-corrected chi connectivity index (χ1v) is 13.4. The van der Waals surface area contributed by atoms with Gasteiger partial charge in [-0.3, -0.25) is 14.9 Å². The van der Waals surface area contributed by atoms with E-state index >= 15 is 0 Å². The summed E-state index contributed by atoms with van der Waals surface area (Å²) in [6, 6.07) is 20.1. The van der Waals surface area contributed by atoms with Crippen LogP contribution >= 0.6 is 15.9 Å². The zero-order valence-corrected chi connectivity index (χ0v) is 24.1. The first-order chi connectivity index (χ1) is 20.9. The van der Waals surface area contributed by atoms with Crippen LogP contribution in [0.1, 0.15) is 5.56 Å². The van der Waals surface area contributed by atoms with Gasteiger partial charge in [0.1, 0.15) is 17.5 Å². The molecular formula is C30H20BrN5O7. The van der Waals surface area contributed by atoms with E-state index in [1.165, 1.54) is 25.5 Å². The van der Waals surface area contributed by atoms with E-state index in [4.69, 9.17) is 23.6 Å². The summed E-state index contributed by atoms with van der Waals surface area (Å²) in [4.78, 5) is 33.0. The number of fused-ring (bicyclic) bond motifs is 2. The van der Waals surface area contributed by atoms with Gasteiger partial charge in [0.05, 0.1) is 41.6 Å². The van der Waals surface area contributed by atoms with Crippen molar-refractivity contribution in [3.63, 3.8) is 0 Å². The number of hydrogen-bond acceptors (Lipinski definition) is 10. The van der Waals surface area contributed by atoms with E-state index in [0.29, 0.717) is 49.2 Å². The molecule has 43 heavy (non-hydrogen) atoms. The van der Waals surface area contributed by atoms with E-state index in [1.807, 2.05) is 6.07 Å². The molecule has 0 aliphatic rings. The second-order valence-electron chi connectivity index (χ2n) is 9.04. The number of benzene rings is 3. The van der Waals surface area contributed by atoms with Gasteiger partial charge in [-0.1, -0.05) is 34.1 Å². The van der Waals surface area contributed by atoms with Crippen LogP contribution in [-0.4, -0.2) is 40.0 Å². The third-order valence-corrected chi connectivity index (χ3v) is 6.89. The van der Waals surface area contributed by atoms with E-state index in [0.717, 1.165) is 10.9 Å². The van der Waals surface area contributed by atoms with Gasteiger partial charge >= 0.3 is 0 Å². The Bertz CT molecular complexity index is 2110. The van der Waals surface area contributed by atoms with Crippen molar-refractivity contribution in [3.8, 4) is 34.7 Å². The number of halogens is 1. The number of ether oxygens (including phenoxy) is 3. The molecule has 0 fully saturated rings. The maximum atomic E-state index is 13.7. The lowest BCUT2D eigenvalue weighted by atomic mass is 10.2. The first kappa shape index (κ1) is 27.6. The minimum absolute atomic E-state index is 0.0855. The lowest BCUT2D eigenvalue weighted by Gasteiger charge is -2.13. The summed E-state index contributed by atoms with van der Waals surface area (Å²) in [5, 5.41) is 16.6. The maximum absolute atomic E-state index is 13.7. The number of methoxy groups -OCH3 is 2. The molecule has 6 rings (SSSR count). The smallest absolute Gasteiger partial charge is 0.287 e. The number of nitro groups is 1. The van der Waals surface area contributed by atoms with Crippen molar-refractivity contribution in [2.75, 3.05) is 14.2 Å². The van der Waals surface area contributed by atoms with Crippen molar-refractivity contribution in [1.82, 2.24) is 14.6 Å². The number of rotatable bonds is 8. The fourth-order valence-electron chi connectivity index (χ4n) is 4.42. The molecule has 0 amide bonds. The highest BCUT2D eigenvalue weighted by Gasteiger charge is 2.19. The molecule has 0 saturated heterocycles. The van der Waals surface area contributed by atoms with Crippen molar-refractivity contribution in [3.05, 3.63) is 109 Å². The van der Waals surface area contributed by atoms with Crippen LogP contribution in [0.15, 0.2) is 97.8 Å². The monoisotopic (exact) mass is 641 g/mol. The molecule has 214 valence electrons. The van der Waals surface area contributed by atoms with Crippen LogP contribution in [-0.2, 0) is 0 Å². The third-order valence-electron chi connectivity index (χ3n) is 6.43. The summed E-state index contributed by atoms with van der Waals surface area (Å²) < 4.78 is 24.9. The third kappa shape index (κ3) is 5.28. The van der Waals surface area contributed by atoms with Crippen LogP contribution < -0.4 is 19.8 Å². The summed E-state index contributed by atoms with van der Waals surface area (Å²) in [5.74, 6) is 1.70. The van der Waals surface area contributed by atoms with E-state index in [2.05, 4.69) is 26.0 Å². The minimum atomic E-state index is -0.555. The first-order valence-electron chi connectivity index (χ1n) is 12.6. The van der Waals surface area contributed by atoms with E-state index in [9.17, 15) is 14.9 Å². The van der Waals surface area contributed by atoms with Crippen molar-refractivity contribution in [2.45, 2.75) is 0 Å². The zero-order chi connectivity index (χ0) is 30.1. The predicted octanol–water partition coefficient (Wildman–Crippen LogP) is 6.57. The Balaban J connectivity index is 1.50.